The molecule has 2 aromatic rings. The first kappa shape index (κ1) is 16.2. The van der Waals surface area contributed by atoms with Gasteiger partial charge in [0, 0.05) is 13.5 Å². The first-order valence-electron chi connectivity index (χ1n) is 8.13. The molecule has 2 atom stereocenters. The molecule has 0 radical (unpaired) electrons. The second-order valence-electron chi connectivity index (χ2n) is 6.35. The Morgan fingerprint density at radius 3 is 3.00 bits per heavy atom. The monoisotopic (exact) mass is 326 g/mol. The number of benzene rings is 1. The summed E-state index contributed by atoms with van der Waals surface area (Å²) in [4.78, 5) is 28.3. The van der Waals surface area contributed by atoms with Crippen LogP contribution in [0.1, 0.15) is 35.7 Å². The SMILES string of the molecule is Cc1cccc(CC(=O)N[C@@H]2CCC(=O)N[C@H]2c2cncn2C)c1. The Bertz CT molecular complexity index is 753. The summed E-state index contributed by atoms with van der Waals surface area (Å²) in [5.74, 6) is -0.0284. The van der Waals surface area contributed by atoms with E-state index in [9.17, 15) is 9.59 Å². The van der Waals surface area contributed by atoms with Gasteiger partial charge >= 0.3 is 0 Å². The fraction of sp³-hybridized carbons (Fsp3) is 0.389. The van der Waals surface area contributed by atoms with Crippen molar-refractivity contribution in [1.29, 1.82) is 0 Å². The van der Waals surface area contributed by atoms with E-state index in [4.69, 9.17) is 0 Å². The quantitative estimate of drug-likeness (QED) is 0.892. The lowest BCUT2D eigenvalue weighted by Crippen LogP contribution is -2.50. The highest BCUT2D eigenvalue weighted by molar-refractivity contribution is 5.81. The molecule has 1 saturated heterocycles. The van der Waals surface area contributed by atoms with Gasteiger partial charge in [0.15, 0.2) is 0 Å². The zero-order chi connectivity index (χ0) is 17.1. The standard InChI is InChI=1S/C18H22N4O2/c1-12-4-3-5-13(8-12)9-17(24)20-14-6-7-16(23)21-18(14)15-10-19-11-22(15)2/h3-5,8,10-11,14,18H,6-7,9H2,1-2H3,(H,20,24)(H,21,23)/t14-,18-/m1/s1. The van der Waals surface area contributed by atoms with E-state index in [1.165, 1.54) is 0 Å². The first-order chi connectivity index (χ1) is 11.5. The molecule has 2 N–H and O–H groups in total. The number of aromatic nitrogens is 2. The highest BCUT2D eigenvalue weighted by atomic mass is 16.2. The predicted molar refractivity (Wildman–Crippen MR) is 90.1 cm³/mol. The van der Waals surface area contributed by atoms with Crippen LogP contribution in [0.25, 0.3) is 0 Å². The molecule has 0 spiro atoms. The van der Waals surface area contributed by atoms with Crippen molar-refractivity contribution < 1.29 is 9.59 Å². The summed E-state index contributed by atoms with van der Waals surface area (Å²) in [7, 11) is 1.88. The fourth-order valence-electron chi connectivity index (χ4n) is 3.17. The molecule has 0 aliphatic carbocycles. The van der Waals surface area contributed by atoms with Crippen molar-refractivity contribution in [3.05, 3.63) is 53.6 Å². The van der Waals surface area contributed by atoms with E-state index in [1.807, 2.05) is 42.8 Å². The zero-order valence-electron chi connectivity index (χ0n) is 14.0. The van der Waals surface area contributed by atoms with Gasteiger partial charge in [-0.25, -0.2) is 4.98 Å². The van der Waals surface area contributed by atoms with Crippen molar-refractivity contribution in [2.45, 2.75) is 38.3 Å². The van der Waals surface area contributed by atoms with E-state index in [2.05, 4.69) is 15.6 Å². The smallest absolute Gasteiger partial charge is 0.224 e. The Morgan fingerprint density at radius 1 is 1.46 bits per heavy atom. The molecule has 2 heterocycles. The van der Waals surface area contributed by atoms with Crippen LogP contribution in [0.3, 0.4) is 0 Å². The number of piperidine rings is 1. The third-order valence-corrected chi connectivity index (χ3v) is 4.37. The molecular formula is C18H22N4O2. The number of nitrogens with zero attached hydrogens (tertiary/aromatic N) is 2. The topological polar surface area (TPSA) is 76.0 Å². The number of rotatable bonds is 4. The van der Waals surface area contributed by atoms with Gasteiger partial charge < -0.3 is 15.2 Å². The Labute approximate surface area is 141 Å². The van der Waals surface area contributed by atoms with Crippen LogP contribution in [0.5, 0.6) is 0 Å². The predicted octanol–water partition coefficient (Wildman–Crippen LogP) is 1.41. The maximum Gasteiger partial charge on any atom is 0.224 e. The molecule has 1 aliphatic heterocycles. The number of hydrogen-bond donors (Lipinski definition) is 2. The maximum absolute atomic E-state index is 12.4. The minimum absolute atomic E-state index is 0.00498. The number of hydrogen-bond acceptors (Lipinski definition) is 3. The van der Waals surface area contributed by atoms with Gasteiger partial charge in [0.1, 0.15) is 0 Å². The van der Waals surface area contributed by atoms with Crippen molar-refractivity contribution in [2.75, 3.05) is 0 Å². The molecule has 1 aliphatic rings. The highest BCUT2D eigenvalue weighted by Crippen LogP contribution is 2.23. The third-order valence-electron chi connectivity index (χ3n) is 4.37. The second-order valence-corrected chi connectivity index (χ2v) is 6.35. The molecule has 24 heavy (non-hydrogen) atoms. The molecule has 0 saturated carbocycles. The summed E-state index contributed by atoms with van der Waals surface area (Å²) in [6.45, 7) is 2.01. The van der Waals surface area contributed by atoms with Crippen molar-refractivity contribution in [3.8, 4) is 0 Å². The Morgan fingerprint density at radius 2 is 2.29 bits per heavy atom. The maximum atomic E-state index is 12.4. The molecule has 2 amide bonds. The lowest BCUT2D eigenvalue weighted by Gasteiger charge is -2.33. The third kappa shape index (κ3) is 3.64. The lowest BCUT2D eigenvalue weighted by atomic mass is 9.95. The molecule has 6 nitrogen and oxygen atoms in total. The van der Waals surface area contributed by atoms with Crippen LogP contribution in [0, 0.1) is 6.92 Å². The fourth-order valence-corrected chi connectivity index (χ4v) is 3.17. The summed E-state index contributed by atoms with van der Waals surface area (Å²) >= 11 is 0. The van der Waals surface area contributed by atoms with Crippen molar-refractivity contribution in [1.82, 2.24) is 20.2 Å². The largest absolute Gasteiger partial charge is 0.351 e. The summed E-state index contributed by atoms with van der Waals surface area (Å²) in [6, 6.07) is 7.55. The Kier molecular flexibility index (Phi) is 4.64. The van der Waals surface area contributed by atoms with Gasteiger partial charge in [-0.2, -0.15) is 0 Å². The van der Waals surface area contributed by atoms with E-state index in [0.717, 1.165) is 16.8 Å². The molecule has 1 aromatic carbocycles. The first-order valence-corrected chi connectivity index (χ1v) is 8.13. The molecule has 126 valence electrons. The van der Waals surface area contributed by atoms with Gasteiger partial charge in [0.25, 0.3) is 0 Å². The van der Waals surface area contributed by atoms with Crippen LogP contribution >= 0.6 is 0 Å². The summed E-state index contributed by atoms with van der Waals surface area (Å²) < 4.78 is 1.87. The average molecular weight is 326 g/mol. The molecular weight excluding hydrogens is 304 g/mol. The minimum atomic E-state index is -0.250. The molecule has 3 rings (SSSR count). The van der Waals surface area contributed by atoms with Crippen LogP contribution in [-0.4, -0.2) is 27.4 Å². The normalized spacial score (nSPS) is 20.5. The van der Waals surface area contributed by atoms with Crippen LogP contribution in [0.4, 0.5) is 0 Å². The number of nitrogens with one attached hydrogen (secondary N) is 2. The van der Waals surface area contributed by atoms with Crippen LogP contribution in [0.15, 0.2) is 36.8 Å². The van der Waals surface area contributed by atoms with Crippen LogP contribution in [0.2, 0.25) is 0 Å². The molecule has 0 bridgehead atoms. The molecule has 0 unspecified atom stereocenters. The average Bonchev–Trinajstić information content (AvgIpc) is 2.95. The van der Waals surface area contributed by atoms with Gasteiger partial charge in [0.05, 0.1) is 36.7 Å². The Balaban J connectivity index is 1.71. The van der Waals surface area contributed by atoms with Crippen molar-refractivity contribution >= 4 is 11.8 Å². The summed E-state index contributed by atoms with van der Waals surface area (Å²) in [5, 5.41) is 6.05. The number of carbonyl (C=O) groups is 2. The van der Waals surface area contributed by atoms with E-state index in [0.29, 0.717) is 19.3 Å². The van der Waals surface area contributed by atoms with Crippen molar-refractivity contribution in [3.63, 3.8) is 0 Å². The highest BCUT2D eigenvalue weighted by Gasteiger charge is 2.32. The molecule has 1 aromatic heterocycles. The Hall–Kier alpha value is -2.63. The van der Waals surface area contributed by atoms with Crippen LogP contribution in [-0.2, 0) is 23.1 Å². The van der Waals surface area contributed by atoms with E-state index < -0.39 is 0 Å². The van der Waals surface area contributed by atoms with Gasteiger partial charge in [-0.3, -0.25) is 9.59 Å². The van der Waals surface area contributed by atoms with Crippen LogP contribution < -0.4 is 10.6 Å². The van der Waals surface area contributed by atoms with Crippen molar-refractivity contribution in [2.24, 2.45) is 7.05 Å². The lowest BCUT2D eigenvalue weighted by molar-refractivity contribution is -0.126. The summed E-state index contributed by atoms with van der Waals surface area (Å²) in [5.41, 5.74) is 3.02. The summed E-state index contributed by atoms with van der Waals surface area (Å²) in [6.07, 6.45) is 4.81. The molecule has 1 fully saturated rings. The van der Waals surface area contributed by atoms with E-state index >= 15 is 0 Å². The number of amides is 2. The number of aryl methyl sites for hydroxylation is 2. The van der Waals surface area contributed by atoms with E-state index in [-0.39, 0.29) is 23.9 Å². The van der Waals surface area contributed by atoms with Gasteiger partial charge in [-0.05, 0) is 18.9 Å². The number of imidazole rings is 1. The van der Waals surface area contributed by atoms with Gasteiger partial charge in [-0.15, -0.1) is 0 Å². The molecule has 6 heteroatoms. The van der Waals surface area contributed by atoms with Gasteiger partial charge in [0.2, 0.25) is 11.8 Å². The van der Waals surface area contributed by atoms with E-state index in [1.54, 1.807) is 12.5 Å². The zero-order valence-corrected chi connectivity index (χ0v) is 14.0. The number of carbonyl (C=O) groups excluding carboxylic acids is 2. The minimum Gasteiger partial charge on any atom is -0.351 e. The second kappa shape index (κ2) is 6.86. The van der Waals surface area contributed by atoms with Gasteiger partial charge in [-0.1, -0.05) is 29.8 Å².